The van der Waals surface area contributed by atoms with Gasteiger partial charge in [0.2, 0.25) is 0 Å². The number of nitrogens with two attached hydrogens (primary N) is 1. The van der Waals surface area contributed by atoms with Gasteiger partial charge < -0.3 is 10.3 Å². The topological polar surface area (TPSA) is 43.8 Å². The molecular formula is C11H17Cl2N3. The third kappa shape index (κ3) is 2.67. The molecule has 1 aromatic carbocycles. The first-order valence-corrected chi connectivity index (χ1v) is 4.88. The summed E-state index contributed by atoms with van der Waals surface area (Å²) in [7, 11) is 0. The Morgan fingerprint density at radius 2 is 2.00 bits per heavy atom. The van der Waals surface area contributed by atoms with Gasteiger partial charge in [0.1, 0.15) is 0 Å². The third-order valence-electron chi connectivity index (χ3n) is 2.43. The van der Waals surface area contributed by atoms with Crippen LogP contribution >= 0.6 is 24.8 Å². The average molecular weight is 262 g/mol. The minimum Gasteiger partial charge on any atom is -0.328 e. The zero-order valence-corrected chi connectivity index (χ0v) is 11.0. The zero-order valence-electron chi connectivity index (χ0n) is 9.38. The van der Waals surface area contributed by atoms with Crippen LogP contribution in [0, 0.1) is 0 Å². The normalized spacial score (nSPS) is 10.0. The highest BCUT2D eigenvalue weighted by Gasteiger charge is 2.05. The van der Waals surface area contributed by atoms with Crippen LogP contribution in [0.5, 0.6) is 0 Å². The highest BCUT2D eigenvalue weighted by molar-refractivity contribution is 5.85. The van der Waals surface area contributed by atoms with Crippen molar-refractivity contribution < 1.29 is 0 Å². The number of nitrogens with zero attached hydrogens (tertiary/aromatic N) is 2. The van der Waals surface area contributed by atoms with Gasteiger partial charge in [-0.15, -0.1) is 24.8 Å². The van der Waals surface area contributed by atoms with Crippen molar-refractivity contribution in [2.24, 2.45) is 5.73 Å². The number of hydrogen-bond donors (Lipinski definition) is 1. The van der Waals surface area contributed by atoms with Gasteiger partial charge in [0.15, 0.2) is 0 Å². The second-order valence-corrected chi connectivity index (χ2v) is 3.77. The van der Waals surface area contributed by atoms with Crippen molar-refractivity contribution in [3.8, 4) is 0 Å². The number of fused-ring (bicyclic) bond motifs is 1. The highest BCUT2D eigenvalue weighted by Crippen LogP contribution is 2.18. The summed E-state index contributed by atoms with van der Waals surface area (Å²) in [6, 6.07) is 6.60. The van der Waals surface area contributed by atoms with Gasteiger partial charge in [0.25, 0.3) is 0 Å². The number of hydrogen-bond acceptors (Lipinski definition) is 2. The van der Waals surface area contributed by atoms with E-state index >= 15 is 0 Å². The minimum atomic E-state index is 0. The third-order valence-corrected chi connectivity index (χ3v) is 2.43. The fourth-order valence-corrected chi connectivity index (χ4v) is 1.61. The molecule has 0 fully saturated rings. The summed E-state index contributed by atoms with van der Waals surface area (Å²) in [6.07, 6.45) is 1.88. The van der Waals surface area contributed by atoms with E-state index in [0.717, 1.165) is 11.1 Å². The molecule has 2 aromatic rings. The van der Waals surface area contributed by atoms with Crippen LogP contribution in [-0.2, 0) is 6.54 Å². The van der Waals surface area contributed by atoms with E-state index in [-0.39, 0.29) is 24.8 Å². The quantitative estimate of drug-likeness (QED) is 0.904. The highest BCUT2D eigenvalue weighted by atomic mass is 35.5. The maximum Gasteiger partial charge on any atom is 0.0960 e. The smallest absolute Gasteiger partial charge is 0.0960 e. The molecule has 2 N–H and O–H groups in total. The van der Waals surface area contributed by atoms with Gasteiger partial charge in [0, 0.05) is 12.6 Å². The van der Waals surface area contributed by atoms with Crippen molar-refractivity contribution in [3.63, 3.8) is 0 Å². The number of halogens is 2. The van der Waals surface area contributed by atoms with E-state index in [1.165, 1.54) is 5.52 Å². The Balaban J connectivity index is 0.00000112. The summed E-state index contributed by atoms with van der Waals surface area (Å²) >= 11 is 0. The molecule has 1 heterocycles. The molecule has 3 nitrogen and oxygen atoms in total. The molecule has 0 atom stereocenters. The van der Waals surface area contributed by atoms with Gasteiger partial charge >= 0.3 is 0 Å². The Bertz CT molecular complexity index is 451. The summed E-state index contributed by atoms with van der Waals surface area (Å²) in [6.45, 7) is 4.88. The summed E-state index contributed by atoms with van der Waals surface area (Å²) in [4.78, 5) is 4.34. The fourth-order valence-electron chi connectivity index (χ4n) is 1.61. The predicted octanol–water partition coefficient (Wildman–Crippen LogP) is 2.92. The van der Waals surface area contributed by atoms with Crippen molar-refractivity contribution in [1.29, 1.82) is 0 Å². The summed E-state index contributed by atoms with van der Waals surface area (Å²) in [5.41, 5.74) is 8.97. The van der Waals surface area contributed by atoms with Gasteiger partial charge in [-0.2, -0.15) is 0 Å². The molecule has 0 unspecified atom stereocenters. The van der Waals surface area contributed by atoms with Gasteiger partial charge in [-0.3, -0.25) is 0 Å². The van der Waals surface area contributed by atoms with Crippen LogP contribution in [0.1, 0.15) is 25.5 Å². The first-order valence-electron chi connectivity index (χ1n) is 4.88. The summed E-state index contributed by atoms with van der Waals surface area (Å²) in [5.74, 6) is 0. The maximum absolute atomic E-state index is 5.61. The largest absolute Gasteiger partial charge is 0.328 e. The van der Waals surface area contributed by atoms with Crippen LogP contribution < -0.4 is 5.73 Å². The average Bonchev–Trinajstić information content (AvgIpc) is 2.59. The molecule has 2 rings (SSSR count). The van der Waals surface area contributed by atoms with E-state index in [2.05, 4.69) is 29.5 Å². The SMILES string of the molecule is CC(C)n1cnc2ccc(CN)cc21.Cl.Cl. The first-order chi connectivity index (χ1) is 6.72. The standard InChI is InChI=1S/C11H15N3.2ClH/c1-8(2)14-7-13-10-4-3-9(6-12)5-11(10)14;;/h3-5,7-8H,6,12H2,1-2H3;2*1H. The molecule has 0 saturated heterocycles. The molecule has 0 aliphatic rings. The molecular weight excluding hydrogens is 245 g/mol. The molecule has 5 heteroatoms. The lowest BCUT2D eigenvalue weighted by Crippen LogP contribution is -2.00. The fraction of sp³-hybridized carbons (Fsp3) is 0.364. The van der Waals surface area contributed by atoms with E-state index in [4.69, 9.17) is 5.73 Å². The van der Waals surface area contributed by atoms with E-state index < -0.39 is 0 Å². The van der Waals surface area contributed by atoms with Crippen molar-refractivity contribution in [3.05, 3.63) is 30.1 Å². The Morgan fingerprint density at radius 1 is 1.31 bits per heavy atom. The molecule has 0 radical (unpaired) electrons. The van der Waals surface area contributed by atoms with Crippen molar-refractivity contribution >= 4 is 35.8 Å². The van der Waals surface area contributed by atoms with E-state index in [1.807, 2.05) is 18.5 Å². The van der Waals surface area contributed by atoms with Crippen LogP contribution in [0.2, 0.25) is 0 Å². The number of imidazole rings is 1. The summed E-state index contributed by atoms with van der Waals surface area (Å²) in [5, 5.41) is 0. The second-order valence-electron chi connectivity index (χ2n) is 3.77. The monoisotopic (exact) mass is 261 g/mol. The number of rotatable bonds is 2. The van der Waals surface area contributed by atoms with Crippen LogP contribution in [-0.4, -0.2) is 9.55 Å². The lowest BCUT2D eigenvalue weighted by atomic mass is 10.2. The lowest BCUT2D eigenvalue weighted by Gasteiger charge is -2.08. The van der Waals surface area contributed by atoms with E-state index in [1.54, 1.807) is 0 Å². The van der Waals surface area contributed by atoms with Crippen LogP contribution in [0.15, 0.2) is 24.5 Å². The number of benzene rings is 1. The van der Waals surface area contributed by atoms with E-state index in [9.17, 15) is 0 Å². The zero-order chi connectivity index (χ0) is 10.1. The molecule has 0 aliphatic carbocycles. The van der Waals surface area contributed by atoms with Gasteiger partial charge in [-0.1, -0.05) is 6.07 Å². The molecule has 0 bridgehead atoms. The Labute approximate surface area is 108 Å². The van der Waals surface area contributed by atoms with Crippen LogP contribution in [0.4, 0.5) is 0 Å². The molecule has 90 valence electrons. The van der Waals surface area contributed by atoms with Gasteiger partial charge in [0.05, 0.1) is 17.4 Å². The maximum atomic E-state index is 5.61. The lowest BCUT2D eigenvalue weighted by molar-refractivity contribution is 0.617. The summed E-state index contributed by atoms with van der Waals surface area (Å²) < 4.78 is 2.16. The molecule has 1 aromatic heterocycles. The predicted molar refractivity (Wildman–Crippen MR) is 72.5 cm³/mol. The Kier molecular flexibility index (Phi) is 5.79. The van der Waals surface area contributed by atoms with Crippen LogP contribution in [0.25, 0.3) is 11.0 Å². The molecule has 0 spiro atoms. The second kappa shape index (κ2) is 6.09. The van der Waals surface area contributed by atoms with E-state index in [0.29, 0.717) is 12.6 Å². The van der Waals surface area contributed by atoms with Crippen LogP contribution in [0.3, 0.4) is 0 Å². The number of aromatic nitrogens is 2. The Hall–Kier alpha value is -0.770. The molecule has 16 heavy (non-hydrogen) atoms. The Morgan fingerprint density at radius 3 is 2.56 bits per heavy atom. The van der Waals surface area contributed by atoms with Gasteiger partial charge in [-0.25, -0.2) is 4.98 Å². The molecule has 0 saturated carbocycles. The molecule has 0 amide bonds. The minimum absolute atomic E-state index is 0. The van der Waals surface area contributed by atoms with Crippen molar-refractivity contribution in [2.45, 2.75) is 26.4 Å². The van der Waals surface area contributed by atoms with Gasteiger partial charge in [-0.05, 0) is 31.5 Å². The first kappa shape index (κ1) is 15.2. The molecule has 0 aliphatic heterocycles. The van der Waals surface area contributed by atoms with Crippen molar-refractivity contribution in [1.82, 2.24) is 9.55 Å². The van der Waals surface area contributed by atoms with Crippen molar-refractivity contribution in [2.75, 3.05) is 0 Å².